The van der Waals surface area contributed by atoms with Crippen LogP contribution in [0.1, 0.15) is 40.0 Å². The molecule has 0 heterocycles. The number of amides is 1. The molecule has 0 aromatic rings. The number of hydrogen-bond donors (Lipinski definition) is 3. The zero-order valence-corrected chi connectivity index (χ0v) is 11.0. The lowest BCUT2D eigenvalue weighted by Gasteiger charge is -2.19. The van der Waals surface area contributed by atoms with Gasteiger partial charge < -0.3 is 21.5 Å². The van der Waals surface area contributed by atoms with Crippen LogP contribution in [0.2, 0.25) is 0 Å². The first-order valence-corrected chi connectivity index (χ1v) is 5.83. The van der Waals surface area contributed by atoms with Crippen molar-refractivity contribution in [3.63, 3.8) is 0 Å². The van der Waals surface area contributed by atoms with E-state index in [0.29, 0.717) is 13.1 Å². The zero-order valence-electron chi connectivity index (χ0n) is 11.0. The fraction of sp³-hybridized carbons (Fsp3) is 0.818. The van der Waals surface area contributed by atoms with Gasteiger partial charge in [0.1, 0.15) is 5.60 Å². The number of carbonyl (C=O) groups excluding carboxylic acids is 1. The van der Waals surface area contributed by atoms with Crippen molar-refractivity contribution in [2.24, 2.45) is 16.5 Å². The van der Waals surface area contributed by atoms with Crippen LogP contribution in [0.15, 0.2) is 4.99 Å². The van der Waals surface area contributed by atoms with Crippen molar-refractivity contribution < 1.29 is 9.53 Å². The van der Waals surface area contributed by atoms with Crippen molar-refractivity contribution in [1.29, 1.82) is 0 Å². The summed E-state index contributed by atoms with van der Waals surface area (Å²) in [5.74, 6) is 0.122. The third kappa shape index (κ3) is 12.5. The van der Waals surface area contributed by atoms with Gasteiger partial charge in [-0.2, -0.15) is 0 Å². The monoisotopic (exact) mass is 244 g/mol. The van der Waals surface area contributed by atoms with Crippen molar-refractivity contribution in [3.8, 4) is 0 Å². The molecule has 0 aromatic heterocycles. The number of hydrogen-bond acceptors (Lipinski definition) is 3. The van der Waals surface area contributed by atoms with Gasteiger partial charge in [0.15, 0.2) is 5.96 Å². The molecule has 0 atom stereocenters. The maximum absolute atomic E-state index is 11.2. The SMILES string of the molecule is CC(C)(C)OC(=O)NCCCCCN=C(N)N. The summed E-state index contributed by atoms with van der Waals surface area (Å²) in [5, 5.41) is 2.69. The predicted octanol–water partition coefficient (Wildman–Crippen LogP) is 0.955. The Kier molecular flexibility index (Phi) is 7.09. The number of carbonyl (C=O) groups is 1. The Hall–Kier alpha value is -1.46. The van der Waals surface area contributed by atoms with Crippen LogP contribution in [-0.2, 0) is 4.74 Å². The third-order valence-corrected chi connectivity index (χ3v) is 1.80. The molecule has 0 aliphatic heterocycles. The lowest BCUT2D eigenvalue weighted by atomic mass is 10.2. The van der Waals surface area contributed by atoms with Crippen molar-refractivity contribution in [1.82, 2.24) is 5.32 Å². The lowest BCUT2D eigenvalue weighted by Crippen LogP contribution is -2.33. The van der Waals surface area contributed by atoms with Gasteiger partial charge in [0.05, 0.1) is 0 Å². The largest absolute Gasteiger partial charge is 0.444 e. The predicted molar refractivity (Wildman–Crippen MR) is 68.8 cm³/mol. The summed E-state index contributed by atoms with van der Waals surface area (Å²) < 4.78 is 5.09. The molecule has 0 aliphatic carbocycles. The molecule has 0 radical (unpaired) electrons. The third-order valence-electron chi connectivity index (χ3n) is 1.80. The van der Waals surface area contributed by atoms with Gasteiger partial charge in [-0.25, -0.2) is 4.79 Å². The highest BCUT2D eigenvalue weighted by Gasteiger charge is 2.15. The summed E-state index contributed by atoms with van der Waals surface area (Å²) in [7, 11) is 0. The second kappa shape index (κ2) is 7.76. The Labute approximate surface area is 103 Å². The van der Waals surface area contributed by atoms with E-state index in [9.17, 15) is 4.79 Å². The first-order chi connectivity index (χ1) is 7.81. The number of nitrogens with one attached hydrogen (secondary N) is 1. The van der Waals surface area contributed by atoms with Crippen molar-refractivity contribution in [2.75, 3.05) is 13.1 Å². The second-order valence-electron chi connectivity index (χ2n) is 4.80. The summed E-state index contributed by atoms with van der Waals surface area (Å²) in [5.41, 5.74) is 9.93. The van der Waals surface area contributed by atoms with Gasteiger partial charge >= 0.3 is 6.09 Å². The fourth-order valence-corrected chi connectivity index (χ4v) is 1.13. The van der Waals surface area contributed by atoms with E-state index >= 15 is 0 Å². The van der Waals surface area contributed by atoms with Crippen LogP contribution in [0, 0.1) is 0 Å². The molecule has 5 N–H and O–H groups in total. The first-order valence-electron chi connectivity index (χ1n) is 5.83. The van der Waals surface area contributed by atoms with Gasteiger partial charge in [0.2, 0.25) is 0 Å². The minimum absolute atomic E-state index is 0.122. The van der Waals surface area contributed by atoms with E-state index in [1.165, 1.54) is 0 Å². The summed E-state index contributed by atoms with van der Waals surface area (Å²) in [4.78, 5) is 15.1. The minimum Gasteiger partial charge on any atom is -0.444 e. The number of rotatable bonds is 6. The molecule has 0 aromatic carbocycles. The van der Waals surface area contributed by atoms with Gasteiger partial charge in [0, 0.05) is 13.1 Å². The molecule has 6 heteroatoms. The van der Waals surface area contributed by atoms with Gasteiger partial charge in [-0.1, -0.05) is 0 Å². The number of nitrogens with two attached hydrogens (primary N) is 2. The minimum atomic E-state index is -0.447. The molecule has 0 bridgehead atoms. The number of nitrogens with zero attached hydrogens (tertiary/aromatic N) is 1. The fourth-order valence-electron chi connectivity index (χ4n) is 1.13. The normalized spacial score (nSPS) is 10.8. The quantitative estimate of drug-likeness (QED) is 0.368. The summed E-state index contributed by atoms with van der Waals surface area (Å²) in [6, 6.07) is 0. The number of aliphatic imine (C=N–C) groups is 1. The second-order valence-corrected chi connectivity index (χ2v) is 4.80. The number of alkyl carbamates (subject to hydrolysis) is 1. The number of unbranched alkanes of at least 4 members (excludes halogenated alkanes) is 2. The highest BCUT2D eigenvalue weighted by Crippen LogP contribution is 2.06. The molecule has 0 fully saturated rings. The van der Waals surface area contributed by atoms with Gasteiger partial charge in [-0.15, -0.1) is 0 Å². The molecular weight excluding hydrogens is 220 g/mol. The van der Waals surface area contributed by atoms with Crippen molar-refractivity contribution >= 4 is 12.1 Å². The Morgan fingerprint density at radius 1 is 1.24 bits per heavy atom. The van der Waals surface area contributed by atoms with Crippen LogP contribution in [-0.4, -0.2) is 30.7 Å². The zero-order chi connectivity index (χ0) is 13.3. The molecular formula is C11H24N4O2. The average Bonchev–Trinajstić information content (AvgIpc) is 2.12. The van der Waals surface area contributed by atoms with Crippen LogP contribution in [0.25, 0.3) is 0 Å². The van der Waals surface area contributed by atoms with E-state index in [1.807, 2.05) is 20.8 Å². The first kappa shape index (κ1) is 15.5. The van der Waals surface area contributed by atoms with E-state index in [2.05, 4.69) is 10.3 Å². The number of guanidine groups is 1. The Morgan fingerprint density at radius 3 is 2.41 bits per heavy atom. The highest BCUT2D eigenvalue weighted by atomic mass is 16.6. The molecule has 100 valence electrons. The Morgan fingerprint density at radius 2 is 1.88 bits per heavy atom. The van der Waals surface area contributed by atoms with E-state index in [1.54, 1.807) is 0 Å². The number of ether oxygens (including phenoxy) is 1. The van der Waals surface area contributed by atoms with Crippen molar-refractivity contribution in [3.05, 3.63) is 0 Å². The van der Waals surface area contributed by atoms with Crippen molar-refractivity contribution in [2.45, 2.75) is 45.6 Å². The van der Waals surface area contributed by atoms with Crippen LogP contribution < -0.4 is 16.8 Å². The van der Waals surface area contributed by atoms with E-state index < -0.39 is 5.60 Å². The Balaban J connectivity index is 3.40. The molecule has 0 saturated carbocycles. The molecule has 0 unspecified atom stereocenters. The molecule has 0 rings (SSSR count). The van der Waals surface area contributed by atoms with E-state index in [-0.39, 0.29) is 12.1 Å². The summed E-state index contributed by atoms with van der Waals surface area (Å²) in [6.45, 7) is 6.75. The summed E-state index contributed by atoms with van der Waals surface area (Å²) >= 11 is 0. The molecule has 1 amide bonds. The average molecular weight is 244 g/mol. The Bertz CT molecular complexity index is 255. The van der Waals surface area contributed by atoms with Gasteiger partial charge in [-0.3, -0.25) is 4.99 Å². The van der Waals surface area contributed by atoms with Crippen LogP contribution in [0.3, 0.4) is 0 Å². The van der Waals surface area contributed by atoms with E-state index in [4.69, 9.17) is 16.2 Å². The van der Waals surface area contributed by atoms with Crippen LogP contribution in [0.4, 0.5) is 4.79 Å². The maximum atomic E-state index is 11.2. The molecule has 6 nitrogen and oxygen atoms in total. The lowest BCUT2D eigenvalue weighted by molar-refractivity contribution is 0.0527. The topological polar surface area (TPSA) is 103 Å². The molecule has 0 spiro atoms. The van der Waals surface area contributed by atoms with Crippen LogP contribution >= 0.6 is 0 Å². The smallest absolute Gasteiger partial charge is 0.407 e. The van der Waals surface area contributed by atoms with Gasteiger partial charge in [-0.05, 0) is 40.0 Å². The molecule has 0 aliphatic rings. The standard InChI is InChI=1S/C11H24N4O2/c1-11(2,3)17-10(16)15-8-6-4-5-7-14-9(12)13/h4-8H2,1-3H3,(H,15,16)(H4,12,13,14). The molecule has 0 saturated heterocycles. The van der Waals surface area contributed by atoms with Crippen LogP contribution in [0.5, 0.6) is 0 Å². The van der Waals surface area contributed by atoms with Gasteiger partial charge in [0.25, 0.3) is 0 Å². The summed E-state index contributed by atoms with van der Waals surface area (Å²) in [6.07, 6.45) is 2.39. The maximum Gasteiger partial charge on any atom is 0.407 e. The highest BCUT2D eigenvalue weighted by molar-refractivity contribution is 5.75. The van der Waals surface area contributed by atoms with E-state index in [0.717, 1.165) is 19.3 Å². The molecule has 17 heavy (non-hydrogen) atoms.